The highest BCUT2D eigenvalue weighted by Gasteiger charge is 2.12. The summed E-state index contributed by atoms with van der Waals surface area (Å²) in [6.45, 7) is 3.64. The number of hydrogen-bond donors (Lipinski definition) is 1. The summed E-state index contributed by atoms with van der Waals surface area (Å²) in [6.07, 6.45) is 2.88. The molecule has 0 spiro atoms. The molecule has 0 aromatic carbocycles. The van der Waals surface area contributed by atoms with Gasteiger partial charge in [-0.25, -0.2) is 4.68 Å². The van der Waals surface area contributed by atoms with Crippen LogP contribution in [-0.4, -0.2) is 33.2 Å². The molecule has 0 atom stereocenters. The minimum absolute atomic E-state index is 0.760. The predicted molar refractivity (Wildman–Crippen MR) is 73.1 cm³/mol. The minimum atomic E-state index is 0.760. The van der Waals surface area contributed by atoms with Crippen molar-refractivity contribution in [1.82, 2.24) is 24.9 Å². The summed E-state index contributed by atoms with van der Waals surface area (Å²) in [6, 6.07) is 2.04. The molecule has 104 valence electrons. The third kappa shape index (κ3) is 3.14. The Labute approximate surface area is 113 Å². The van der Waals surface area contributed by atoms with Crippen LogP contribution in [0, 0.1) is 6.92 Å². The van der Waals surface area contributed by atoms with Crippen molar-refractivity contribution in [2.24, 2.45) is 14.1 Å². The van der Waals surface area contributed by atoms with E-state index < -0.39 is 0 Å². The van der Waals surface area contributed by atoms with Gasteiger partial charge in [-0.05, 0) is 13.0 Å². The van der Waals surface area contributed by atoms with Gasteiger partial charge in [-0.2, -0.15) is 10.2 Å². The lowest BCUT2D eigenvalue weighted by Gasteiger charge is -2.06. The predicted octanol–water partition coefficient (Wildman–Crippen LogP) is 0.803. The summed E-state index contributed by atoms with van der Waals surface area (Å²) in [4.78, 5) is 0. The number of rotatable bonds is 6. The molecule has 0 saturated carbocycles. The first-order valence-corrected chi connectivity index (χ1v) is 6.37. The molecule has 0 saturated heterocycles. The fourth-order valence-electron chi connectivity index (χ4n) is 2.17. The second-order valence-electron chi connectivity index (χ2n) is 4.60. The Balaban J connectivity index is 1.86. The van der Waals surface area contributed by atoms with Gasteiger partial charge in [-0.15, -0.1) is 0 Å². The zero-order chi connectivity index (χ0) is 13.8. The molecule has 2 aromatic rings. The second-order valence-corrected chi connectivity index (χ2v) is 4.60. The molecule has 0 aliphatic rings. The van der Waals surface area contributed by atoms with Gasteiger partial charge in [0.15, 0.2) is 0 Å². The second kappa shape index (κ2) is 5.88. The maximum absolute atomic E-state index is 5.36. The van der Waals surface area contributed by atoms with Crippen LogP contribution in [0.5, 0.6) is 5.88 Å². The topological polar surface area (TPSA) is 56.9 Å². The van der Waals surface area contributed by atoms with Gasteiger partial charge in [0.1, 0.15) is 0 Å². The third-order valence-electron chi connectivity index (χ3n) is 3.11. The number of ether oxygens (including phenoxy) is 1. The molecule has 19 heavy (non-hydrogen) atoms. The molecule has 0 unspecified atom stereocenters. The van der Waals surface area contributed by atoms with Crippen LogP contribution in [0.4, 0.5) is 0 Å². The Bertz CT molecular complexity index is 543. The van der Waals surface area contributed by atoms with Crippen molar-refractivity contribution in [2.45, 2.75) is 19.9 Å². The molecule has 0 radical (unpaired) electrons. The lowest BCUT2D eigenvalue weighted by Crippen LogP contribution is -2.17. The van der Waals surface area contributed by atoms with E-state index in [2.05, 4.69) is 15.5 Å². The summed E-state index contributed by atoms with van der Waals surface area (Å²) >= 11 is 0. The molecule has 2 heterocycles. The molecule has 1 N–H and O–H groups in total. The van der Waals surface area contributed by atoms with Gasteiger partial charge >= 0.3 is 0 Å². The average molecular weight is 263 g/mol. The highest BCUT2D eigenvalue weighted by atomic mass is 16.5. The van der Waals surface area contributed by atoms with Gasteiger partial charge in [-0.1, -0.05) is 0 Å². The number of nitrogens with zero attached hydrogens (tertiary/aromatic N) is 4. The van der Waals surface area contributed by atoms with E-state index in [1.165, 1.54) is 0 Å². The van der Waals surface area contributed by atoms with Crippen LogP contribution >= 0.6 is 0 Å². The van der Waals surface area contributed by atoms with Crippen LogP contribution in [0.2, 0.25) is 0 Å². The van der Waals surface area contributed by atoms with E-state index in [1.54, 1.807) is 11.8 Å². The fourth-order valence-corrected chi connectivity index (χ4v) is 2.17. The van der Waals surface area contributed by atoms with Crippen molar-refractivity contribution in [3.05, 3.63) is 29.2 Å². The minimum Gasteiger partial charge on any atom is -0.481 e. The third-order valence-corrected chi connectivity index (χ3v) is 3.11. The summed E-state index contributed by atoms with van der Waals surface area (Å²) in [5.41, 5.74) is 3.22. The van der Waals surface area contributed by atoms with E-state index in [0.29, 0.717) is 0 Å². The monoisotopic (exact) mass is 263 g/mol. The number of aromatic nitrogens is 4. The molecule has 0 aliphatic heterocycles. The Morgan fingerprint density at radius 2 is 2.11 bits per heavy atom. The lowest BCUT2D eigenvalue weighted by molar-refractivity contribution is 0.368. The zero-order valence-corrected chi connectivity index (χ0v) is 12.0. The quantitative estimate of drug-likeness (QED) is 0.783. The molecular formula is C13H21N5O. The van der Waals surface area contributed by atoms with E-state index in [9.17, 15) is 0 Å². The van der Waals surface area contributed by atoms with E-state index in [0.717, 1.165) is 42.3 Å². The van der Waals surface area contributed by atoms with Crippen LogP contribution in [0.25, 0.3) is 0 Å². The maximum atomic E-state index is 5.36. The average Bonchev–Trinajstić information content (AvgIpc) is 2.89. The van der Waals surface area contributed by atoms with E-state index in [1.807, 2.05) is 38.0 Å². The van der Waals surface area contributed by atoms with Gasteiger partial charge in [0.2, 0.25) is 5.88 Å². The van der Waals surface area contributed by atoms with E-state index in [-0.39, 0.29) is 0 Å². The molecule has 0 aliphatic carbocycles. The molecule has 2 aromatic heterocycles. The first-order chi connectivity index (χ1) is 9.11. The van der Waals surface area contributed by atoms with Crippen molar-refractivity contribution < 1.29 is 4.74 Å². The number of hydrogen-bond acceptors (Lipinski definition) is 4. The van der Waals surface area contributed by atoms with Gasteiger partial charge < -0.3 is 10.1 Å². The first kappa shape index (κ1) is 13.6. The summed E-state index contributed by atoms with van der Waals surface area (Å²) < 4.78 is 8.95. The van der Waals surface area contributed by atoms with Gasteiger partial charge in [0.25, 0.3) is 0 Å². The van der Waals surface area contributed by atoms with Crippen LogP contribution < -0.4 is 10.1 Å². The van der Waals surface area contributed by atoms with Crippen molar-refractivity contribution in [1.29, 1.82) is 0 Å². The van der Waals surface area contributed by atoms with Gasteiger partial charge in [0, 0.05) is 39.8 Å². The van der Waals surface area contributed by atoms with E-state index in [4.69, 9.17) is 4.74 Å². The Morgan fingerprint density at radius 3 is 2.74 bits per heavy atom. The van der Waals surface area contributed by atoms with Crippen LogP contribution in [0.3, 0.4) is 0 Å². The Hall–Kier alpha value is -1.82. The van der Waals surface area contributed by atoms with Crippen LogP contribution in [-0.2, 0) is 27.1 Å². The molecular weight excluding hydrogens is 242 g/mol. The summed E-state index contributed by atoms with van der Waals surface area (Å²) in [7, 11) is 5.50. The number of nitrogens with one attached hydrogen (secondary N) is 1. The SMILES string of the molecule is COc1c(CNCCc2ccn(C)n2)c(C)nn1C. The van der Waals surface area contributed by atoms with Crippen molar-refractivity contribution in [3.63, 3.8) is 0 Å². The Morgan fingerprint density at radius 1 is 1.32 bits per heavy atom. The van der Waals surface area contributed by atoms with Gasteiger partial charge in [-0.3, -0.25) is 4.68 Å². The van der Waals surface area contributed by atoms with E-state index >= 15 is 0 Å². The smallest absolute Gasteiger partial charge is 0.216 e. The summed E-state index contributed by atoms with van der Waals surface area (Å²) in [5, 5.41) is 12.1. The first-order valence-electron chi connectivity index (χ1n) is 6.37. The zero-order valence-electron chi connectivity index (χ0n) is 12.0. The van der Waals surface area contributed by atoms with Crippen LogP contribution in [0.15, 0.2) is 12.3 Å². The molecule has 0 fully saturated rings. The standard InChI is InChI=1S/C13H21N5O/c1-10-12(13(19-4)18(3)15-10)9-14-7-5-11-6-8-17(2)16-11/h6,8,14H,5,7,9H2,1-4H3. The van der Waals surface area contributed by atoms with Gasteiger partial charge in [0.05, 0.1) is 24.1 Å². The van der Waals surface area contributed by atoms with Crippen molar-refractivity contribution in [3.8, 4) is 5.88 Å². The molecule has 6 heteroatoms. The van der Waals surface area contributed by atoms with Crippen LogP contribution in [0.1, 0.15) is 17.0 Å². The molecule has 2 rings (SSSR count). The molecule has 0 bridgehead atoms. The molecule has 6 nitrogen and oxygen atoms in total. The normalized spacial score (nSPS) is 10.9. The largest absolute Gasteiger partial charge is 0.481 e. The van der Waals surface area contributed by atoms with Crippen molar-refractivity contribution in [2.75, 3.05) is 13.7 Å². The van der Waals surface area contributed by atoms with Crippen molar-refractivity contribution >= 4 is 0 Å². The lowest BCUT2D eigenvalue weighted by atomic mass is 10.2. The number of methoxy groups -OCH3 is 1. The highest BCUT2D eigenvalue weighted by molar-refractivity contribution is 5.30. The summed E-state index contributed by atoms with van der Waals surface area (Å²) in [5.74, 6) is 0.822. The highest BCUT2D eigenvalue weighted by Crippen LogP contribution is 2.20. The molecule has 0 amide bonds. The maximum Gasteiger partial charge on any atom is 0.216 e. The fraction of sp³-hybridized carbons (Fsp3) is 0.538. The number of aryl methyl sites for hydroxylation is 3. The Kier molecular flexibility index (Phi) is 4.21.